The van der Waals surface area contributed by atoms with Crippen LogP contribution >= 0.6 is 0 Å². The molecule has 116 valence electrons. The summed E-state index contributed by atoms with van der Waals surface area (Å²) in [5.74, 6) is -1.17. The van der Waals surface area contributed by atoms with Gasteiger partial charge in [0.1, 0.15) is 17.7 Å². The minimum absolute atomic E-state index is 0.0924. The molecule has 0 aromatic heterocycles. The summed E-state index contributed by atoms with van der Waals surface area (Å²) in [7, 11) is 2.08. The van der Waals surface area contributed by atoms with Crippen molar-refractivity contribution in [3.8, 4) is 5.75 Å². The van der Waals surface area contributed by atoms with Crippen molar-refractivity contribution in [2.75, 3.05) is 7.05 Å². The van der Waals surface area contributed by atoms with E-state index in [9.17, 15) is 17.6 Å². The summed E-state index contributed by atoms with van der Waals surface area (Å²) in [4.78, 5) is 2.33. The standard InChI is InChI=1S/C15H17F4NO/c1-20-9-2-3-10(20)7-12(6-9)21-11-4-5-14(16)13(8-11)15(17,18)19/h4-5,8-10,12H,2-3,6-7H2,1H3/t9-,10+,12-. The van der Waals surface area contributed by atoms with Crippen molar-refractivity contribution in [1.82, 2.24) is 4.90 Å². The number of alkyl halides is 3. The van der Waals surface area contributed by atoms with Crippen LogP contribution in [-0.2, 0) is 6.18 Å². The topological polar surface area (TPSA) is 12.5 Å². The van der Waals surface area contributed by atoms with Gasteiger partial charge >= 0.3 is 6.18 Å². The number of benzene rings is 1. The van der Waals surface area contributed by atoms with Crippen LogP contribution in [0.5, 0.6) is 5.75 Å². The average molecular weight is 303 g/mol. The number of rotatable bonds is 2. The third-order valence-corrected chi connectivity index (χ3v) is 4.60. The number of piperidine rings is 1. The fraction of sp³-hybridized carbons (Fsp3) is 0.600. The zero-order valence-corrected chi connectivity index (χ0v) is 11.7. The van der Waals surface area contributed by atoms with Gasteiger partial charge in [0.2, 0.25) is 0 Å². The van der Waals surface area contributed by atoms with Crippen LogP contribution in [0.3, 0.4) is 0 Å². The summed E-state index contributed by atoms with van der Waals surface area (Å²) >= 11 is 0. The van der Waals surface area contributed by atoms with Crippen LogP contribution in [0.15, 0.2) is 18.2 Å². The van der Waals surface area contributed by atoms with E-state index in [4.69, 9.17) is 4.74 Å². The molecule has 2 saturated heterocycles. The van der Waals surface area contributed by atoms with E-state index in [2.05, 4.69) is 11.9 Å². The van der Waals surface area contributed by atoms with Gasteiger partial charge in [-0.05, 0) is 50.9 Å². The molecule has 0 spiro atoms. The second-order valence-corrected chi connectivity index (χ2v) is 5.90. The summed E-state index contributed by atoms with van der Waals surface area (Å²) in [5.41, 5.74) is -1.27. The molecule has 3 rings (SSSR count). The lowest BCUT2D eigenvalue weighted by atomic mass is 10.0. The molecular weight excluding hydrogens is 286 g/mol. The molecule has 2 bridgehead atoms. The van der Waals surface area contributed by atoms with Crippen molar-refractivity contribution >= 4 is 0 Å². The predicted molar refractivity (Wildman–Crippen MR) is 69.6 cm³/mol. The Kier molecular flexibility index (Phi) is 3.59. The highest BCUT2D eigenvalue weighted by Gasteiger charge is 2.40. The lowest BCUT2D eigenvalue weighted by Crippen LogP contribution is -2.43. The molecular formula is C15H17F4NO. The van der Waals surface area contributed by atoms with Crippen LogP contribution < -0.4 is 4.74 Å². The number of halogens is 4. The molecule has 0 N–H and O–H groups in total. The molecule has 0 saturated carbocycles. The zero-order chi connectivity index (χ0) is 15.2. The molecule has 3 atom stereocenters. The van der Waals surface area contributed by atoms with E-state index in [1.165, 1.54) is 6.07 Å². The maximum Gasteiger partial charge on any atom is 0.419 e. The van der Waals surface area contributed by atoms with Crippen LogP contribution in [0.1, 0.15) is 31.2 Å². The van der Waals surface area contributed by atoms with E-state index in [0.717, 1.165) is 37.8 Å². The van der Waals surface area contributed by atoms with Crippen LogP contribution in [0.25, 0.3) is 0 Å². The van der Waals surface area contributed by atoms with Crippen molar-refractivity contribution in [2.24, 2.45) is 0 Å². The van der Waals surface area contributed by atoms with Crippen molar-refractivity contribution in [1.29, 1.82) is 0 Å². The van der Waals surface area contributed by atoms with E-state index in [0.29, 0.717) is 12.1 Å². The number of fused-ring (bicyclic) bond motifs is 2. The van der Waals surface area contributed by atoms with Crippen molar-refractivity contribution in [2.45, 2.75) is 50.0 Å². The van der Waals surface area contributed by atoms with Gasteiger partial charge < -0.3 is 9.64 Å². The fourth-order valence-electron chi connectivity index (χ4n) is 3.45. The first-order valence-electron chi connectivity index (χ1n) is 7.10. The van der Waals surface area contributed by atoms with Gasteiger partial charge in [0.25, 0.3) is 0 Å². The fourth-order valence-corrected chi connectivity index (χ4v) is 3.45. The van der Waals surface area contributed by atoms with Crippen LogP contribution in [0.4, 0.5) is 17.6 Å². The smallest absolute Gasteiger partial charge is 0.419 e. The molecule has 0 aliphatic carbocycles. The lowest BCUT2D eigenvalue weighted by molar-refractivity contribution is -0.140. The monoisotopic (exact) mass is 303 g/mol. The Morgan fingerprint density at radius 2 is 1.76 bits per heavy atom. The van der Waals surface area contributed by atoms with E-state index < -0.39 is 17.6 Å². The van der Waals surface area contributed by atoms with Crippen LogP contribution in [0, 0.1) is 5.82 Å². The molecule has 2 nitrogen and oxygen atoms in total. The van der Waals surface area contributed by atoms with E-state index >= 15 is 0 Å². The van der Waals surface area contributed by atoms with Crippen molar-refractivity contribution in [3.05, 3.63) is 29.6 Å². The molecule has 0 radical (unpaired) electrons. The van der Waals surface area contributed by atoms with Crippen LogP contribution in [0.2, 0.25) is 0 Å². The highest BCUT2D eigenvalue weighted by molar-refractivity contribution is 5.32. The van der Waals surface area contributed by atoms with Gasteiger partial charge in [-0.25, -0.2) is 4.39 Å². The molecule has 2 aliphatic heterocycles. The first-order valence-corrected chi connectivity index (χ1v) is 7.10. The Hall–Kier alpha value is -1.30. The van der Waals surface area contributed by atoms with Crippen molar-refractivity contribution < 1.29 is 22.3 Å². The number of hydrogen-bond acceptors (Lipinski definition) is 2. The minimum atomic E-state index is -4.70. The van der Waals surface area contributed by atoms with Gasteiger partial charge in [-0.1, -0.05) is 0 Å². The highest BCUT2D eigenvalue weighted by atomic mass is 19.4. The van der Waals surface area contributed by atoms with E-state index in [1.54, 1.807) is 0 Å². The summed E-state index contributed by atoms with van der Waals surface area (Å²) in [6, 6.07) is 3.73. The van der Waals surface area contributed by atoms with Gasteiger partial charge in [0.05, 0.1) is 5.56 Å². The number of ether oxygens (including phenoxy) is 1. The molecule has 1 aromatic carbocycles. The minimum Gasteiger partial charge on any atom is -0.490 e. The Bertz CT molecular complexity index is 517. The second kappa shape index (κ2) is 5.16. The normalized spacial score (nSPS) is 29.7. The van der Waals surface area contributed by atoms with Gasteiger partial charge in [-0.3, -0.25) is 0 Å². The highest BCUT2D eigenvalue weighted by Crippen LogP contribution is 2.37. The molecule has 6 heteroatoms. The Morgan fingerprint density at radius 3 is 2.33 bits per heavy atom. The maximum absolute atomic E-state index is 13.2. The maximum atomic E-state index is 13.2. The van der Waals surface area contributed by atoms with Gasteiger partial charge in [0, 0.05) is 12.1 Å². The molecule has 21 heavy (non-hydrogen) atoms. The molecule has 0 amide bonds. The second-order valence-electron chi connectivity index (χ2n) is 5.90. The van der Waals surface area contributed by atoms with E-state index in [-0.39, 0.29) is 11.9 Å². The summed E-state index contributed by atoms with van der Waals surface area (Å²) in [6.45, 7) is 0. The van der Waals surface area contributed by atoms with Crippen LogP contribution in [-0.4, -0.2) is 30.1 Å². The van der Waals surface area contributed by atoms with E-state index in [1.807, 2.05) is 0 Å². The quantitative estimate of drug-likeness (QED) is 0.770. The van der Waals surface area contributed by atoms with Crippen molar-refractivity contribution in [3.63, 3.8) is 0 Å². The first kappa shape index (κ1) is 14.6. The Balaban J connectivity index is 1.74. The molecule has 2 heterocycles. The molecule has 2 aliphatic rings. The summed E-state index contributed by atoms with van der Waals surface area (Å²) < 4.78 is 57.0. The van der Waals surface area contributed by atoms with Gasteiger partial charge in [-0.2, -0.15) is 13.2 Å². The first-order chi connectivity index (χ1) is 9.84. The summed E-state index contributed by atoms with van der Waals surface area (Å²) in [6.07, 6.45) is -0.950. The zero-order valence-electron chi connectivity index (χ0n) is 11.7. The molecule has 1 aromatic rings. The average Bonchev–Trinajstić information content (AvgIpc) is 2.62. The molecule has 2 fully saturated rings. The van der Waals surface area contributed by atoms with Gasteiger partial charge in [-0.15, -0.1) is 0 Å². The Morgan fingerprint density at radius 1 is 1.14 bits per heavy atom. The number of nitrogens with zero attached hydrogens (tertiary/aromatic N) is 1. The third kappa shape index (κ3) is 2.86. The van der Waals surface area contributed by atoms with Gasteiger partial charge in [0.15, 0.2) is 0 Å². The molecule has 0 unspecified atom stereocenters. The Labute approximate surface area is 120 Å². The largest absolute Gasteiger partial charge is 0.490 e. The lowest BCUT2D eigenvalue weighted by Gasteiger charge is -2.36. The predicted octanol–water partition coefficient (Wildman–Crippen LogP) is 3.85. The summed E-state index contributed by atoms with van der Waals surface area (Å²) in [5, 5.41) is 0. The number of hydrogen-bond donors (Lipinski definition) is 0. The third-order valence-electron chi connectivity index (χ3n) is 4.60. The SMILES string of the molecule is CN1[C@@H]2CC[C@H]1C[C@H](Oc1ccc(F)c(C(F)(F)F)c1)C2.